The summed E-state index contributed by atoms with van der Waals surface area (Å²) < 4.78 is 13.4. The number of amides is 1. The largest absolute Gasteiger partial charge is 0.358 e. The lowest BCUT2D eigenvalue weighted by Gasteiger charge is -2.21. The van der Waals surface area contributed by atoms with Gasteiger partial charge in [0.05, 0.1) is 6.20 Å². The Morgan fingerprint density at radius 2 is 2.24 bits per heavy atom. The van der Waals surface area contributed by atoms with Crippen LogP contribution in [-0.4, -0.2) is 21.1 Å². The van der Waals surface area contributed by atoms with Gasteiger partial charge >= 0.3 is 0 Å². The molecule has 3 heterocycles. The van der Waals surface area contributed by atoms with E-state index in [1.54, 1.807) is 12.3 Å². The molecule has 0 radical (unpaired) electrons. The molecule has 0 saturated carbocycles. The van der Waals surface area contributed by atoms with Crippen LogP contribution in [0.15, 0.2) is 24.4 Å². The molecule has 0 spiro atoms. The number of aryl methyl sites for hydroxylation is 1. The molecular formula is C15H13FN4O. The Hall–Kier alpha value is -2.63. The molecule has 0 saturated heterocycles. The Labute approximate surface area is 119 Å². The fraction of sp³-hybridized carbons (Fsp3) is 0.200. The molecule has 1 atom stereocenters. The molecule has 5 nitrogen and oxygen atoms in total. The summed E-state index contributed by atoms with van der Waals surface area (Å²) in [5, 5.41) is 10.4. The number of H-pyrrole nitrogens is 2. The highest BCUT2D eigenvalue weighted by atomic mass is 19.1. The summed E-state index contributed by atoms with van der Waals surface area (Å²) in [6, 6.07) is 4.67. The molecule has 1 aliphatic rings. The third-order valence-corrected chi connectivity index (χ3v) is 4.11. The van der Waals surface area contributed by atoms with Gasteiger partial charge in [-0.2, -0.15) is 5.10 Å². The number of anilines is 1. The zero-order valence-corrected chi connectivity index (χ0v) is 11.3. The van der Waals surface area contributed by atoms with Gasteiger partial charge < -0.3 is 10.3 Å². The molecule has 0 aliphatic carbocycles. The number of rotatable bonds is 1. The first-order valence-corrected chi connectivity index (χ1v) is 6.74. The zero-order chi connectivity index (χ0) is 14.6. The number of hydrogen-bond acceptors (Lipinski definition) is 2. The third-order valence-electron chi connectivity index (χ3n) is 4.11. The van der Waals surface area contributed by atoms with Crippen molar-refractivity contribution in [3.05, 3.63) is 47.0 Å². The van der Waals surface area contributed by atoms with Crippen LogP contribution < -0.4 is 5.32 Å². The van der Waals surface area contributed by atoms with Crippen LogP contribution in [0.25, 0.3) is 10.9 Å². The minimum Gasteiger partial charge on any atom is -0.358 e. The van der Waals surface area contributed by atoms with E-state index in [1.807, 2.05) is 6.92 Å². The minimum absolute atomic E-state index is 0.0546. The van der Waals surface area contributed by atoms with Crippen LogP contribution in [0.1, 0.15) is 29.2 Å². The van der Waals surface area contributed by atoms with Gasteiger partial charge in [-0.3, -0.25) is 9.89 Å². The maximum Gasteiger partial charge on any atom is 0.226 e. The average molecular weight is 284 g/mol. The maximum absolute atomic E-state index is 13.4. The number of benzene rings is 1. The second-order valence-electron chi connectivity index (χ2n) is 5.36. The molecule has 1 aliphatic heterocycles. The van der Waals surface area contributed by atoms with E-state index >= 15 is 0 Å². The molecule has 2 aromatic heterocycles. The van der Waals surface area contributed by atoms with E-state index in [1.165, 1.54) is 12.1 Å². The predicted molar refractivity (Wildman–Crippen MR) is 76.7 cm³/mol. The Morgan fingerprint density at radius 1 is 1.38 bits per heavy atom. The van der Waals surface area contributed by atoms with E-state index in [0.717, 1.165) is 27.7 Å². The van der Waals surface area contributed by atoms with Crippen LogP contribution in [0.5, 0.6) is 0 Å². The van der Waals surface area contributed by atoms with Gasteiger partial charge in [-0.05, 0) is 30.7 Å². The quantitative estimate of drug-likeness (QED) is 0.643. The highest BCUT2D eigenvalue weighted by Crippen LogP contribution is 2.38. The lowest BCUT2D eigenvalue weighted by atomic mass is 9.89. The number of fused-ring (bicyclic) bond motifs is 2. The Balaban J connectivity index is 1.91. The summed E-state index contributed by atoms with van der Waals surface area (Å²) in [4.78, 5) is 15.2. The van der Waals surface area contributed by atoms with E-state index in [-0.39, 0.29) is 17.6 Å². The first-order chi connectivity index (χ1) is 10.1. The van der Waals surface area contributed by atoms with Crippen LogP contribution in [0.3, 0.4) is 0 Å². The van der Waals surface area contributed by atoms with E-state index in [9.17, 15) is 9.18 Å². The molecule has 1 aromatic carbocycles. The Bertz CT molecular complexity index is 864. The summed E-state index contributed by atoms with van der Waals surface area (Å²) in [5.74, 6) is 0.228. The summed E-state index contributed by atoms with van der Waals surface area (Å²) in [7, 11) is 0. The van der Waals surface area contributed by atoms with Crippen molar-refractivity contribution in [3.63, 3.8) is 0 Å². The SMILES string of the molecule is Cc1c(C2CC(=O)Nc3[nH]ncc32)[nH]c2ccc(F)cc12. The molecular weight excluding hydrogens is 271 g/mol. The van der Waals surface area contributed by atoms with Crippen molar-refractivity contribution in [2.45, 2.75) is 19.3 Å². The van der Waals surface area contributed by atoms with E-state index in [0.29, 0.717) is 12.2 Å². The summed E-state index contributed by atoms with van der Waals surface area (Å²) in [6.07, 6.45) is 2.08. The molecule has 0 bridgehead atoms. The normalized spacial score (nSPS) is 17.8. The van der Waals surface area contributed by atoms with E-state index < -0.39 is 0 Å². The van der Waals surface area contributed by atoms with Crippen LogP contribution in [0.4, 0.5) is 10.2 Å². The van der Waals surface area contributed by atoms with Crippen LogP contribution >= 0.6 is 0 Å². The fourth-order valence-electron chi connectivity index (χ4n) is 3.07. The van der Waals surface area contributed by atoms with Gasteiger partial charge in [0.2, 0.25) is 5.91 Å². The first-order valence-electron chi connectivity index (χ1n) is 6.74. The van der Waals surface area contributed by atoms with Gasteiger partial charge in [0.1, 0.15) is 11.6 Å². The molecule has 21 heavy (non-hydrogen) atoms. The van der Waals surface area contributed by atoms with Gasteiger partial charge in [-0.15, -0.1) is 0 Å². The van der Waals surface area contributed by atoms with Gasteiger partial charge in [0.25, 0.3) is 0 Å². The zero-order valence-electron chi connectivity index (χ0n) is 11.3. The van der Waals surface area contributed by atoms with Crippen molar-refractivity contribution in [1.29, 1.82) is 0 Å². The van der Waals surface area contributed by atoms with Crippen LogP contribution in [0, 0.1) is 12.7 Å². The molecule has 0 fully saturated rings. The van der Waals surface area contributed by atoms with Crippen molar-refractivity contribution >= 4 is 22.6 Å². The summed E-state index contributed by atoms with van der Waals surface area (Å²) in [5.41, 5.74) is 3.73. The summed E-state index contributed by atoms with van der Waals surface area (Å²) >= 11 is 0. The Morgan fingerprint density at radius 3 is 3.10 bits per heavy atom. The number of hydrogen-bond donors (Lipinski definition) is 3. The second kappa shape index (κ2) is 4.18. The monoisotopic (exact) mass is 284 g/mol. The number of nitrogens with one attached hydrogen (secondary N) is 3. The number of halogens is 1. The van der Waals surface area contributed by atoms with Crippen molar-refractivity contribution in [1.82, 2.24) is 15.2 Å². The topological polar surface area (TPSA) is 73.6 Å². The molecule has 6 heteroatoms. The van der Waals surface area contributed by atoms with E-state index in [4.69, 9.17) is 0 Å². The molecule has 1 unspecified atom stereocenters. The molecule has 106 valence electrons. The van der Waals surface area contributed by atoms with Crippen molar-refractivity contribution in [2.24, 2.45) is 0 Å². The van der Waals surface area contributed by atoms with Crippen LogP contribution in [0.2, 0.25) is 0 Å². The fourth-order valence-corrected chi connectivity index (χ4v) is 3.07. The summed E-state index contributed by atoms with van der Waals surface area (Å²) in [6.45, 7) is 1.94. The average Bonchev–Trinajstić information content (AvgIpc) is 3.03. The van der Waals surface area contributed by atoms with Gasteiger partial charge in [-0.25, -0.2) is 4.39 Å². The van der Waals surface area contributed by atoms with E-state index in [2.05, 4.69) is 20.5 Å². The number of carbonyl (C=O) groups excluding carboxylic acids is 1. The maximum atomic E-state index is 13.4. The first kappa shape index (κ1) is 12.1. The van der Waals surface area contributed by atoms with Gasteiger partial charge in [0, 0.05) is 34.5 Å². The van der Waals surface area contributed by atoms with Gasteiger partial charge in [0.15, 0.2) is 0 Å². The van der Waals surface area contributed by atoms with Crippen molar-refractivity contribution in [3.8, 4) is 0 Å². The Kier molecular flexibility index (Phi) is 2.42. The van der Waals surface area contributed by atoms with Gasteiger partial charge in [-0.1, -0.05) is 0 Å². The number of carbonyl (C=O) groups is 1. The highest BCUT2D eigenvalue weighted by Gasteiger charge is 2.30. The predicted octanol–water partition coefficient (Wildman–Crippen LogP) is 2.81. The number of aromatic nitrogens is 3. The lowest BCUT2D eigenvalue weighted by molar-refractivity contribution is -0.116. The molecule has 4 rings (SSSR count). The molecule has 1 amide bonds. The molecule has 3 aromatic rings. The van der Waals surface area contributed by atoms with Crippen LogP contribution in [-0.2, 0) is 4.79 Å². The smallest absolute Gasteiger partial charge is 0.226 e. The lowest BCUT2D eigenvalue weighted by Crippen LogP contribution is -2.23. The minimum atomic E-state index is -0.262. The highest BCUT2D eigenvalue weighted by molar-refractivity contribution is 5.94. The van der Waals surface area contributed by atoms with Crippen molar-refractivity contribution < 1.29 is 9.18 Å². The molecule has 3 N–H and O–H groups in total. The number of aromatic amines is 2. The van der Waals surface area contributed by atoms with Crippen molar-refractivity contribution in [2.75, 3.05) is 5.32 Å². The third kappa shape index (κ3) is 1.75. The standard InChI is InChI=1S/C15H13FN4O/c1-7-9-4-8(16)2-3-12(9)18-14(7)10-5-13(21)19-15-11(10)6-17-20-15/h2-4,6,10,18H,5H2,1H3,(H2,17,19,20,21). The second-order valence-corrected chi connectivity index (χ2v) is 5.36. The number of nitrogens with zero attached hydrogens (tertiary/aromatic N) is 1.